The van der Waals surface area contributed by atoms with Crippen molar-refractivity contribution in [3.8, 4) is 11.5 Å². The summed E-state index contributed by atoms with van der Waals surface area (Å²) in [6, 6.07) is 14.1. The number of rotatable bonds is 9. The number of fused-ring (bicyclic) bond motifs is 1. The third kappa shape index (κ3) is 7.08. The molecule has 2 aliphatic heterocycles. The summed E-state index contributed by atoms with van der Waals surface area (Å²) >= 11 is 0. The van der Waals surface area contributed by atoms with Crippen LogP contribution in [0.5, 0.6) is 11.5 Å². The van der Waals surface area contributed by atoms with Crippen LogP contribution in [-0.2, 0) is 0 Å². The summed E-state index contributed by atoms with van der Waals surface area (Å²) in [5.41, 5.74) is 2.95. The monoisotopic (exact) mass is 544 g/mol. The van der Waals surface area contributed by atoms with E-state index in [9.17, 15) is 9.59 Å². The maximum atomic E-state index is 12.9. The van der Waals surface area contributed by atoms with Crippen molar-refractivity contribution >= 4 is 29.0 Å². The Hall–Kier alpha value is -4.15. The maximum Gasteiger partial charge on any atom is 0.257 e. The molecular formula is C30H36N6O4. The number of ether oxygens (including phenoxy) is 2. The van der Waals surface area contributed by atoms with Gasteiger partial charge in [-0.15, -0.1) is 0 Å². The van der Waals surface area contributed by atoms with Crippen LogP contribution < -0.4 is 25.4 Å². The Balaban J connectivity index is 1.13. The van der Waals surface area contributed by atoms with Gasteiger partial charge in [0.25, 0.3) is 11.8 Å². The van der Waals surface area contributed by atoms with Gasteiger partial charge in [-0.1, -0.05) is 6.07 Å². The number of likely N-dealkylation sites (N-methyl/N-ethyl adjacent to an activating group) is 1. The molecule has 0 aliphatic carbocycles. The van der Waals surface area contributed by atoms with Crippen LogP contribution in [-0.4, -0.2) is 86.1 Å². The minimum Gasteiger partial charge on any atom is -0.486 e. The number of hydrogen-bond donors (Lipinski definition) is 3. The number of amides is 2. The van der Waals surface area contributed by atoms with Crippen LogP contribution >= 0.6 is 0 Å². The van der Waals surface area contributed by atoms with Gasteiger partial charge in [-0.05, 0) is 75.0 Å². The number of carbonyl (C=O) groups excluding carboxylic acids is 2. The zero-order valence-electron chi connectivity index (χ0n) is 23.0. The highest BCUT2D eigenvalue weighted by Crippen LogP contribution is 2.31. The molecule has 5 rings (SSSR count). The van der Waals surface area contributed by atoms with Gasteiger partial charge in [-0.2, -0.15) is 0 Å². The topological polar surface area (TPSA) is 108 Å². The molecule has 210 valence electrons. The lowest BCUT2D eigenvalue weighted by atomic mass is 10.1. The number of benzene rings is 2. The van der Waals surface area contributed by atoms with E-state index in [1.54, 1.807) is 42.6 Å². The fourth-order valence-corrected chi connectivity index (χ4v) is 4.64. The SMILES string of the molecule is Cc1ccc(NC(=O)c2ccc3c(c2)OCCO3)cc1NC(=O)c1ccc(NCCCN2CCN(C)CC2)nc1. The van der Waals surface area contributed by atoms with Crippen molar-refractivity contribution in [2.24, 2.45) is 0 Å². The summed E-state index contributed by atoms with van der Waals surface area (Å²) in [5, 5.41) is 9.16. The standard InChI is InChI=1S/C30H36N6O4/c1-21-4-7-24(33-29(37)22-5-8-26-27(18-22)40-17-16-39-26)19-25(21)34-30(38)23-6-9-28(32-20-23)31-10-3-11-36-14-12-35(2)13-15-36/h4-9,18-20H,3,10-17H2,1-2H3,(H,31,32)(H,33,37)(H,34,38). The van der Waals surface area contributed by atoms with Crippen LogP contribution in [0.15, 0.2) is 54.7 Å². The first-order chi connectivity index (χ1) is 19.4. The molecule has 1 aromatic heterocycles. The number of aryl methyl sites for hydroxylation is 1. The fraction of sp³-hybridized carbons (Fsp3) is 0.367. The number of carbonyl (C=O) groups is 2. The first-order valence-electron chi connectivity index (χ1n) is 13.7. The molecule has 0 atom stereocenters. The molecule has 1 fully saturated rings. The summed E-state index contributed by atoms with van der Waals surface area (Å²) in [4.78, 5) is 35.0. The minimum atomic E-state index is -0.283. The van der Waals surface area contributed by atoms with Crippen LogP contribution in [0.1, 0.15) is 32.7 Å². The lowest BCUT2D eigenvalue weighted by Gasteiger charge is -2.32. The van der Waals surface area contributed by atoms with Crippen LogP contribution in [0.4, 0.5) is 17.2 Å². The second-order valence-electron chi connectivity index (χ2n) is 10.2. The van der Waals surface area contributed by atoms with Crippen molar-refractivity contribution in [3.63, 3.8) is 0 Å². The summed E-state index contributed by atoms with van der Waals surface area (Å²) < 4.78 is 11.1. The zero-order chi connectivity index (χ0) is 27.9. The highest BCUT2D eigenvalue weighted by Gasteiger charge is 2.16. The molecule has 3 N–H and O–H groups in total. The molecule has 10 heteroatoms. The van der Waals surface area contributed by atoms with Crippen molar-refractivity contribution in [2.45, 2.75) is 13.3 Å². The Bertz CT molecular complexity index is 1340. The van der Waals surface area contributed by atoms with Gasteiger partial charge in [-0.25, -0.2) is 4.98 Å². The van der Waals surface area contributed by atoms with Crippen molar-refractivity contribution in [1.82, 2.24) is 14.8 Å². The van der Waals surface area contributed by atoms with Crippen LogP contribution in [0, 0.1) is 6.92 Å². The van der Waals surface area contributed by atoms with Gasteiger partial charge in [0.15, 0.2) is 11.5 Å². The Morgan fingerprint density at radius 3 is 2.40 bits per heavy atom. The Kier molecular flexibility index (Phi) is 8.78. The number of pyridine rings is 1. The number of aromatic nitrogens is 1. The molecule has 0 saturated carbocycles. The molecule has 2 aliphatic rings. The highest BCUT2D eigenvalue weighted by molar-refractivity contribution is 6.07. The third-order valence-electron chi connectivity index (χ3n) is 7.13. The predicted octanol–water partition coefficient (Wildman–Crippen LogP) is 3.72. The van der Waals surface area contributed by atoms with E-state index < -0.39 is 0 Å². The van der Waals surface area contributed by atoms with Gasteiger partial charge < -0.3 is 35.2 Å². The average Bonchev–Trinajstić information content (AvgIpc) is 2.98. The van der Waals surface area contributed by atoms with Gasteiger partial charge in [0, 0.05) is 55.9 Å². The van der Waals surface area contributed by atoms with Crippen LogP contribution in [0.2, 0.25) is 0 Å². The van der Waals surface area contributed by atoms with E-state index in [1.807, 2.05) is 19.1 Å². The summed E-state index contributed by atoms with van der Waals surface area (Å²) in [6.45, 7) is 9.22. The summed E-state index contributed by atoms with van der Waals surface area (Å²) in [7, 11) is 2.16. The Labute approximate surface area is 234 Å². The van der Waals surface area contributed by atoms with Crippen molar-refractivity contribution in [1.29, 1.82) is 0 Å². The van der Waals surface area contributed by atoms with Crippen LogP contribution in [0.3, 0.4) is 0 Å². The molecule has 3 aromatic rings. The quantitative estimate of drug-likeness (QED) is 0.350. The molecule has 0 spiro atoms. The van der Waals surface area contributed by atoms with E-state index in [0.717, 1.165) is 57.1 Å². The Morgan fingerprint density at radius 1 is 0.875 bits per heavy atom. The second-order valence-corrected chi connectivity index (χ2v) is 10.2. The lowest BCUT2D eigenvalue weighted by molar-refractivity contribution is 0.101. The van der Waals surface area contributed by atoms with E-state index in [-0.39, 0.29) is 11.8 Å². The first kappa shape index (κ1) is 27.4. The van der Waals surface area contributed by atoms with Gasteiger partial charge in [0.1, 0.15) is 19.0 Å². The van der Waals surface area contributed by atoms with Crippen molar-refractivity contribution in [3.05, 3.63) is 71.4 Å². The lowest BCUT2D eigenvalue weighted by Crippen LogP contribution is -2.44. The number of anilines is 3. The molecule has 10 nitrogen and oxygen atoms in total. The molecule has 40 heavy (non-hydrogen) atoms. The molecule has 3 heterocycles. The molecule has 0 bridgehead atoms. The zero-order valence-corrected chi connectivity index (χ0v) is 23.0. The third-order valence-corrected chi connectivity index (χ3v) is 7.13. The molecule has 1 saturated heterocycles. The summed E-state index contributed by atoms with van der Waals surface area (Å²) in [5.74, 6) is 1.37. The number of hydrogen-bond acceptors (Lipinski definition) is 8. The van der Waals surface area contributed by atoms with E-state index in [2.05, 4.69) is 37.8 Å². The van der Waals surface area contributed by atoms with Crippen LogP contribution in [0.25, 0.3) is 0 Å². The molecule has 2 amide bonds. The average molecular weight is 545 g/mol. The van der Waals surface area contributed by atoms with Crippen molar-refractivity contribution < 1.29 is 19.1 Å². The van der Waals surface area contributed by atoms with E-state index in [4.69, 9.17) is 9.47 Å². The van der Waals surface area contributed by atoms with Gasteiger partial charge in [0.05, 0.1) is 5.56 Å². The first-order valence-corrected chi connectivity index (χ1v) is 13.7. The number of piperazine rings is 1. The van der Waals surface area contributed by atoms with Gasteiger partial charge in [-0.3, -0.25) is 9.59 Å². The van der Waals surface area contributed by atoms with Gasteiger partial charge >= 0.3 is 0 Å². The normalized spacial score (nSPS) is 15.3. The summed E-state index contributed by atoms with van der Waals surface area (Å²) in [6.07, 6.45) is 2.61. The predicted molar refractivity (Wildman–Crippen MR) is 156 cm³/mol. The van der Waals surface area contributed by atoms with E-state index in [0.29, 0.717) is 47.2 Å². The largest absolute Gasteiger partial charge is 0.486 e. The van der Waals surface area contributed by atoms with E-state index in [1.165, 1.54) is 0 Å². The van der Waals surface area contributed by atoms with Gasteiger partial charge in [0.2, 0.25) is 0 Å². The Morgan fingerprint density at radius 2 is 1.62 bits per heavy atom. The van der Waals surface area contributed by atoms with Crippen molar-refractivity contribution in [2.75, 3.05) is 75.5 Å². The fourth-order valence-electron chi connectivity index (χ4n) is 4.64. The molecule has 2 aromatic carbocycles. The maximum absolute atomic E-state index is 12.9. The number of nitrogens with zero attached hydrogens (tertiary/aromatic N) is 3. The number of nitrogens with one attached hydrogen (secondary N) is 3. The molecule has 0 unspecified atom stereocenters. The highest BCUT2D eigenvalue weighted by atomic mass is 16.6. The molecular weight excluding hydrogens is 508 g/mol. The smallest absolute Gasteiger partial charge is 0.257 e. The van der Waals surface area contributed by atoms with E-state index >= 15 is 0 Å². The molecule has 0 radical (unpaired) electrons. The minimum absolute atomic E-state index is 0.271. The second kappa shape index (κ2) is 12.8.